The van der Waals surface area contributed by atoms with E-state index in [0.717, 1.165) is 24.1 Å². The molecule has 1 aromatic heterocycles. The van der Waals surface area contributed by atoms with Crippen LogP contribution >= 0.6 is 0 Å². The van der Waals surface area contributed by atoms with Gasteiger partial charge in [0, 0.05) is 25.7 Å². The lowest BCUT2D eigenvalue weighted by molar-refractivity contribution is 0.0505. The molecule has 36 heavy (non-hydrogen) atoms. The number of carbonyl (C=O) groups is 1. The van der Waals surface area contributed by atoms with E-state index in [1.165, 1.54) is 13.2 Å². The topological polar surface area (TPSA) is 123 Å². The Labute approximate surface area is 211 Å². The average molecular weight is 517 g/mol. The molecule has 1 fully saturated rings. The molecule has 0 bridgehead atoms. The minimum Gasteiger partial charge on any atom is -0.495 e. The third-order valence-electron chi connectivity index (χ3n) is 5.82. The van der Waals surface area contributed by atoms with Crippen molar-refractivity contribution >= 4 is 32.9 Å². The maximum atomic E-state index is 13.0. The van der Waals surface area contributed by atoms with Crippen LogP contribution < -0.4 is 14.8 Å². The number of amides is 1. The zero-order valence-corrected chi connectivity index (χ0v) is 21.9. The number of hydrogen-bond donors (Lipinski definition) is 2. The molecule has 1 atom stereocenters. The summed E-state index contributed by atoms with van der Waals surface area (Å²) in [5.74, 6) is 0.365. The van der Waals surface area contributed by atoms with Gasteiger partial charge < -0.3 is 19.3 Å². The molecule has 0 saturated carbocycles. The number of fused-ring (bicyclic) bond motifs is 1. The molecule has 0 radical (unpaired) electrons. The van der Waals surface area contributed by atoms with Crippen LogP contribution in [0.25, 0.3) is 11.0 Å². The Kier molecular flexibility index (Phi) is 7.14. The molecule has 1 amide bonds. The van der Waals surface area contributed by atoms with Gasteiger partial charge in [-0.25, -0.2) is 13.2 Å². The number of benzene rings is 2. The number of carbonyl (C=O) groups excluding carboxylic acids is 1. The number of ether oxygens (including phenoxy) is 2. The van der Waals surface area contributed by atoms with Gasteiger partial charge in [-0.1, -0.05) is 23.4 Å². The SMILES string of the molecule is COc1ccccc1S(=O)(=O)Nc1noc2cc(CN3CCC(NC(=O)OC(C)(C)C)C3)cc(C)c12. The smallest absolute Gasteiger partial charge is 0.407 e. The number of alkyl carbamates (subject to hydrolysis) is 1. The lowest BCUT2D eigenvalue weighted by atomic mass is 10.1. The molecule has 4 rings (SSSR count). The van der Waals surface area contributed by atoms with Gasteiger partial charge in [0.2, 0.25) is 0 Å². The number of aryl methyl sites for hydroxylation is 1. The number of para-hydroxylation sites is 1. The van der Waals surface area contributed by atoms with E-state index in [2.05, 4.69) is 20.1 Å². The first kappa shape index (κ1) is 25.8. The van der Waals surface area contributed by atoms with Crippen LogP contribution in [0.2, 0.25) is 0 Å². The zero-order chi connectivity index (χ0) is 26.1. The standard InChI is InChI=1S/C25H32N4O6S/c1-16-12-17(14-29-11-10-18(15-29)26-24(30)34-25(2,3)4)13-20-22(16)23(27-35-20)28-36(31,32)21-9-7-6-8-19(21)33-5/h6-9,12-13,18H,10-11,14-15H2,1-5H3,(H,26,30)(H,27,28). The Morgan fingerprint density at radius 2 is 2.00 bits per heavy atom. The van der Waals surface area contributed by atoms with Gasteiger partial charge in [-0.2, -0.15) is 0 Å². The lowest BCUT2D eigenvalue weighted by Gasteiger charge is -2.22. The highest BCUT2D eigenvalue weighted by Crippen LogP contribution is 2.32. The molecule has 194 valence electrons. The van der Waals surface area contributed by atoms with Crippen molar-refractivity contribution in [1.29, 1.82) is 0 Å². The van der Waals surface area contributed by atoms with Gasteiger partial charge in [0.05, 0.1) is 12.5 Å². The van der Waals surface area contributed by atoms with Gasteiger partial charge in [-0.05, 0) is 63.4 Å². The summed E-state index contributed by atoms with van der Waals surface area (Å²) in [6, 6.07) is 10.3. The molecule has 1 saturated heterocycles. The highest BCUT2D eigenvalue weighted by atomic mass is 32.2. The zero-order valence-electron chi connectivity index (χ0n) is 21.1. The van der Waals surface area contributed by atoms with Crippen molar-refractivity contribution in [2.24, 2.45) is 0 Å². The van der Waals surface area contributed by atoms with Crippen LogP contribution in [0, 0.1) is 6.92 Å². The van der Waals surface area contributed by atoms with Crippen molar-refractivity contribution in [3.05, 3.63) is 47.5 Å². The minimum absolute atomic E-state index is 0.0153. The van der Waals surface area contributed by atoms with Crippen molar-refractivity contribution < 1.29 is 27.2 Å². The molecule has 1 aliphatic heterocycles. The molecule has 1 aliphatic rings. The fourth-order valence-electron chi connectivity index (χ4n) is 4.35. The molecule has 3 aromatic rings. The Morgan fingerprint density at radius 1 is 1.25 bits per heavy atom. The summed E-state index contributed by atoms with van der Waals surface area (Å²) >= 11 is 0. The largest absolute Gasteiger partial charge is 0.495 e. The molecule has 0 spiro atoms. The van der Waals surface area contributed by atoms with Crippen molar-refractivity contribution in [3.8, 4) is 5.75 Å². The molecule has 2 heterocycles. The summed E-state index contributed by atoms with van der Waals surface area (Å²) in [7, 11) is -2.52. The molecular weight excluding hydrogens is 484 g/mol. The maximum Gasteiger partial charge on any atom is 0.407 e. The summed E-state index contributed by atoms with van der Waals surface area (Å²) in [6.07, 6.45) is 0.425. The third kappa shape index (κ3) is 5.90. The first-order chi connectivity index (χ1) is 16.9. The number of hydrogen-bond acceptors (Lipinski definition) is 8. The van der Waals surface area contributed by atoms with Crippen molar-refractivity contribution in [2.45, 2.75) is 57.2 Å². The first-order valence-electron chi connectivity index (χ1n) is 11.7. The summed E-state index contributed by atoms with van der Waals surface area (Å²) in [4.78, 5) is 14.3. The Balaban J connectivity index is 1.46. The number of anilines is 1. The number of sulfonamides is 1. The minimum atomic E-state index is -3.94. The predicted octanol–water partition coefficient (Wildman–Crippen LogP) is 4.04. The number of nitrogens with zero attached hydrogens (tertiary/aromatic N) is 2. The van der Waals surface area contributed by atoms with E-state index < -0.39 is 21.7 Å². The van der Waals surface area contributed by atoms with Crippen LogP contribution in [-0.4, -0.2) is 56.4 Å². The maximum absolute atomic E-state index is 13.0. The van der Waals surface area contributed by atoms with Crippen molar-refractivity contribution in [2.75, 3.05) is 24.9 Å². The monoisotopic (exact) mass is 516 g/mol. The van der Waals surface area contributed by atoms with Crippen LogP contribution in [0.5, 0.6) is 5.75 Å². The quantitative estimate of drug-likeness (QED) is 0.482. The molecule has 10 nitrogen and oxygen atoms in total. The number of methoxy groups -OCH3 is 1. The molecule has 11 heteroatoms. The highest BCUT2D eigenvalue weighted by Gasteiger charge is 2.27. The highest BCUT2D eigenvalue weighted by molar-refractivity contribution is 7.92. The number of likely N-dealkylation sites (tertiary alicyclic amines) is 1. The normalized spacial score (nSPS) is 16.8. The van der Waals surface area contributed by atoms with Crippen LogP contribution in [-0.2, 0) is 21.3 Å². The van der Waals surface area contributed by atoms with E-state index in [-0.39, 0.29) is 22.5 Å². The van der Waals surface area contributed by atoms with Crippen molar-refractivity contribution in [1.82, 2.24) is 15.4 Å². The van der Waals surface area contributed by atoms with Crippen LogP contribution in [0.3, 0.4) is 0 Å². The molecular formula is C25H32N4O6S. The van der Waals surface area contributed by atoms with E-state index in [1.807, 2.05) is 39.8 Å². The summed E-state index contributed by atoms with van der Waals surface area (Å²) < 4.78 is 44.6. The van der Waals surface area contributed by atoms with E-state index in [9.17, 15) is 13.2 Å². The van der Waals surface area contributed by atoms with Gasteiger partial charge in [0.15, 0.2) is 11.4 Å². The Bertz CT molecular complexity index is 1360. The van der Waals surface area contributed by atoms with Gasteiger partial charge in [0.1, 0.15) is 16.2 Å². The molecule has 2 N–H and O–H groups in total. The van der Waals surface area contributed by atoms with E-state index in [1.54, 1.807) is 18.2 Å². The van der Waals surface area contributed by atoms with E-state index >= 15 is 0 Å². The second-order valence-corrected chi connectivity index (χ2v) is 11.6. The molecule has 1 unspecified atom stereocenters. The van der Waals surface area contributed by atoms with Gasteiger partial charge in [0.25, 0.3) is 10.0 Å². The number of rotatable bonds is 7. The lowest BCUT2D eigenvalue weighted by Crippen LogP contribution is -2.40. The third-order valence-corrected chi connectivity index (χ3v) is 7.20. The summed E-state index contributed by atoms with van der Waals surface area (Å²) in [5.41, 5.74) is 1.80. The summed E-state index contributed by atoms with van der Waals surface area (Å²) in [5, 5.41) is 7.52. The first-order valence-corrected chi connectivity index (χ1v) is 13.2. The van der Waals surface area contributed by atoms with Gasteiger partial charge in [-0.3, -0.25) is 9.62 Å². The van der Waals surface area contributed by atoms with Crippen LogP contribution in [0.4, 0.5) is 10.6 Å². The second kappa shape index (κ2) is 9.98. The predicted molar refractivity (Wildman–Crippen MR) is 136 cm³/mol. The fourth-order valence-corrected chi connectivity index (χ4v) is 5.53. The summed E-state index contributed by atoms with van der Waals surface area (Å²) in [6.45, 7) is 9.60. The van der Waals surface area contributed by atoms with Crippen LogP contribution in [0.15, 0.2) is 45.8 Å². The second-order valence-electron chi connectivity index (χ2n) is 9.94. The fraction of sp³-hybridized carbons (Fsp3) is 0.440. The van der Waals surface area contributed by atoms with E-state index in [0.29, 0.717) is 24.1 Å². The number of aromatic nitrogens is 1. The Morgan fingerprint density at radius 3 is 2.72 bits per heavy atom. The number of nitrogens with one attached hydrogen (secondary N) is 2. The average Bonchev–Trinajstić information content (AvgIpc) is 3.38. The Hall–Kier alpha value is -3.31. The molecule has 2 aromatic carbocycles. The van der Waals surface area contributed by atoms with E-state index in [4.69, 9.17) is 14.0 Å². The van der Waals surface area contributed by atoms with Gasteiger partial charge in [-0.15, -0.1) is 0 Å². The molecule has 0 aliphatic carbocycles. The van der Waals surface area contributed by atoms with Crippen molar-refractivity contribution in [3.63, 3.8) is 0 Å². The van der Waals surface area contributed by atoms with Gasteiger partial charge >= 0.3 is 6.09 Å². The van der Waals surface area contributed by atoms with Crippen LogP contribution in [0.1, 0.15) is 38.3 Å².